The first-order valence-corrected chi connectivity index (χ1v) is 6.24. The molecule has 0 saturated heterocycles. The van der Waals surface area contributed by atoms with Crippen molar-refractivity contribution < 1.29 is 4.79 Å². The van der Waals surface area contributed by atoms with E-state index in [-0.39, 0.29) is 5.91 Å². The van der Waals surface area contributed by atoms with Gasteiger partial charge in [0.15, 0.2) is 4.47 Å². The van der Waals surface area contributed by atoms with Gasteiger partial charge in [0.1, 0.15) is 0 Å². The molecule has 2 aromatic rings. The van der Waals surface area contributed by atoms with Gasteiger partial charge in [0, 0.05) is 12.1 Å². The summed E-state index contributed by atoms with van der Waals surface area (Å²) in [4.78, 5) is 15.8. The minimum atomic E-state index is -0.0479. The van der Waals surface area contributed by atoms with Gasteiger partial charge in [-0.3, -0.25) is 4.79 Å². The van der Waals surface area contributed by atoms with Crippen LogP contribution in [0, 0.1) is 0 Å². The predicted octanol–water partition coefficient (Wildman–Crippen LogP) is 3.09. The van der Waals surface area contributed by atoms with Crippen LogP contribution in [0.25, 0.3) is 10.2 Å². The first-order valence-electron chi connectivity index (χ1n) is 5.05. The standard InChI is InChI=1S/C11H11ClN2OS/c1-2-5-13-10(15)7-3-4-8-9(6-7)16-11(12)14-8/h3-4,6H,2,5H2,1H3,(H,13,15). The second kappa shape index (κ2) is 4.80. The van der Waals surface area contributed by atoms with E-state index in [0.717, 1.165) is 16.6 Å². The molecular formula is C11H11ClN2OS. The van der Waals surface area contributed by atoms with Crippen molar-refractivity contribution in [1.82, 2.24) is 10.3 Å². The van der Waals surface area contributed by atoms with Gasteiger partial charge in [0.05, 0.1) is 10.2 Å². The summed E-state index contributed by atoms with van der Waals surface area (Å²) in [6, 6.07) is 5.41. The number of carbonyl (C=O) groups is 1. The Hall–Kier alpha value is -1.13. The molecule has 1 aromatic heterocycles. The van der Waals surface area contributed by atoms with Gasteiger partial charge in [0.2, 0.25) is 0 Å². The summed E-state index contributed by atoms with van der Waals surface area (Å²) >= 11 is 7.19. The number of amides is 1. The SMILES string of the molecule is CCCNC(=O)c1ccc2nc(Cl)sc2c1. The number of benzene rings is 1. The number of hydrogen-bond acceptors (Lipinski definition) is 3. The summed E-state index contributed by atoms with van der Waals surface area (Å²) in [7, 11) is 0. The fourth-order valence-corrected chi connectivity index (χ4v) is 2.45. The normalized spacial score (nSPS) is 10.6. The summed E-state index contributed by atoms with van der Waals surface area (Å²) in [5, 5.41) is 2.83. The lowest BCUT2D eigenvalue weighted by molar-refractivity contribution is 0.0954. The molecule has 1 aromatic carbocycles. The van der Waals surface area contributed by atoms with Crippen LogP contribution < -0.4 is 5.32 Å². The van der Waals surface area contributed by atoms with E-state index in [1.165, 1.54) is 11.3 Å². The number of hydrogen-bond donors (Lipinski definition) is 1. The van der Waals surface area contributed by atoms with Crippen LogP contribution in [0.15, 0.2) is 18.2 Å². The van der Waals surface area contributed by atoms with E-state index < -0.39 is 0 Å². The van der Waals surface area contributed by atoms with Crippen molar-refractivity contribution in [2.75, 3.05) is 6.54 Å². The number of nitrogens with one attached hydrogen (secondary N) is 1. The fraction of sp³-hybridized carbons (Fsp3) is 0.273. The molecule has 3 nitrogen and oxygen atoms in total. The van der Waals surface area contributed by atoms with E-state index in [0.29, 0.717) is 16.6 Å². The Balaban J connectivity index is 2.28. The minimum absolute atomic E-state index is 0.0479. The van der Waals surface area contributed by atoms with Crippen LogP contribution in [-0.4, -0.2) is 17.4 Å². The predicted molar refractivity (Wildman–Crippen MR) is 67.3 cm³/mol. The van der Waals surface area contributed by atoms with E-state index in [4.69, 9.17) is 11.6 Å². The third kappa shape index (κ3) is 2.33. The third-order valence-electron chi connectivity index (χ3n) is 2.16. The second-order valence-corrected chi connectivity index (χ2v) is 5.02. The molecule has 84 valence electrons. The van der Waals surface area contributed by atoms with Crippen molar-refractivity contribution in [3.05, 3.63) is 28.2 Å². The highest BCUT2D eigenvalue weighted by Gasteiger charge is 2.07. The van der Waals surface area contributed by atoms with Crippen LogP contribution in [0.4, 0.5) is 0 Å². The van der Waals surface area contributed by atoms with Gasteiger partial charge in [-0.1, -0.05) is 18.5 Å². The summed E-state index contributed by atoms with van der Waals surface area (Å²) in [5.41, 5.74) is 1.49. The van der Waals surface area contributed by atoms with Crippen molar-refractivity contribution in [2.45, 2.75) is 13.3 Å². The Kier molecular flexibility index (Phi) is 3.41. The van der Waals surface area contributed by atoms with E-state index in [2.05, 4.69) is 10.3 Å². The average molecular weight is 255 g/mol. The maximum absolute atomic E-state index is 11.7. The minimum Gasteiger partial charge on any atom is -0.352 e. The molecule has 0 aliphatic rings. The van der Waals surface area contributed by atoms with Gasteiger partial charge in [0.25, 0.3) is 5.91 Å². The molecule has 0 radical (unpaired) electrons. The maximum atomic E-state index is 11.7. The van der Waals surface area contributed by atoms with Crippen LogP contribution in [0.5, 0.6) is 0 Å². The van der Waals surface area contributed by atoms with Crippen molar-refractivity contribution in [3.63, 3.8) is 0 Å². The molecule has 1 heterocycles. The zero-order chi connectivity index (χ0) is 11.5. The number of halogens is 1. The van der Waals surface area contributed by atoms with Gasteiger partial charge in [-0.25, -0.2) is 4.98 Å². The fourth-order valence-electron chi connectivity index (χ4n) is 1.38. The van der Waals surface area contributed by atoms with Gasteiger partial charge < -0.3 is 5.32 Å². The van der Waals surface area contributed by atoms with Gasteiger partial charge in [-0.2, -0.15) is 0 Å². The van der Waals surface area contributed by atoms with Gasteiger partial charge >= 0.3 is 0 Å². The lowest BCUT2D eigenvalue weighted by atomic mass is 10.2. The van der Waals surface area contributed by atoms with Gasteiger partial charge in [-0.05, 0) is 24.6 Å². The first kappa shape index (κ1) is 11.4. The zero-order valence-electron chi connectivity index (χ0n) is 8.79. The molecule has 0 aliphatic heterocycles. The molecule has 0 saturated carbocycles. The van der Waals surface area contributed by atoms with Crippen LogP contribution in [0.2, 0.25) is 4.47 Å². The molecule has 2 rings (SSSR count). The summed E-state index contributed by atoms with van der Waals surface area (Å²) < 4.78 is 1.44. The molecule has 0 aliphatic carbocycles. The molecule has 0 bridgehead atoms. The molecule has 0 atom stereocenters. The Morgan fingerprint density at radius 2 is 2.38 bits per heavy atom. The highest BCUT2D eigenvalue weighted by atomic mass is 35.5. The topological polar surface area (TPSA) is 42.0 Å². The van der Waals surface area contributed by atoms with E-state index >= 15 is 0 Å². The maximum Gasteiger partial charge on any atom is 0.251 e. The van der Waals surface area contributed by atoms with Crippen LogP contribution in [0.1, 0.15) is 23.7 Å². The molecule has 0 unspecified atom stereocenters. The highest BCUT2D eigenvalue weighted by molar-refractivity contribution is 7.22. The third-order valence-corrected chi connectivity index (χ3v) is 3.28. The van der Waals surface area contributed by atoms with E-state index in [1.807, 2.05) is 19.1 Å². The zero-order valence-corrected chi connectivity index (χ0v) is 10.4. The highest BCUT2D eigenvalue weighted by Crippen LogP contribution is 2.26. The van der Waals surface area contributed by atoms with Crippen LogP contribution >= 0.6 is 22.9 Å². The second-order valence-electron chi connectivity index (χ2n) is 3.41. The van der Waals surface area contributed by atoms with E-state index in [9.17, 15) is 4.79 Å². The molecular weight excluding hydrogens is 244 g/mol. The first-order chi connectivity index (χ1) is 7.70. The lowest BCUT2D eigenvalue weighted by Gasteiger charge is -2.02. The monoisotopic (exact) mass is 254 g/mol. The lowest BCUT2D eigenvalue weighted by Crippen LogP contribution is -2.23. The Labute approximate surface area is 102 Å². The van der Waals surface area contributed by atoms with Gasteiger partial charge in [-0.15, -0.1) is 11.3 Å². The summed E-state index contributed by atoms with van der Waals surface area (Å²) in [6.45, 7) is 2.72. The van der Waals surface area contributed by atoms with Crippen molar-refractivity contribution in [1.29, 1.82) is 0 Å². The molecule has 1 N–H and O–H groups in total. The number of rotatable bonds is 3. The van der Waals surface area contributed by atoms with Crippen molar-refractivity contribution >= 4 is 39.1 Å². The number of fused-ring (bicyclic) bond motifs is 1. The largest absolute Gasteiger partial charge is 0.352 e. The van der Waals surface area contributed by atoms with Crippen LogP contribution in [0.3, 0.4) is 0 Å². The number of thiazole rings is 1. The quantitative estimate of drug-likeness (QED) is 0.915. The Bertz CT molecular complexity index is 524. The Morgan fingerprint density at radius 3 is 3.12 bits per heavy atom. The number of nitrogens with zero attached hydrogens (tertiary/aromatic N) is 1. The molecule has 5 heteroatoms. The number of carbonyl (C=O) groups excluding carboxylic acids is 1. The Morgan fingerprint density at radius 1 is 1.56 bits per heavy atom. The van der Waals surface area contributed by atoms with Crippen LogP contribution in [-0.2, 0) is 0 Å². The summed E-state index contributed by atoms with van der Waals surface area (Å²) in [6.07, 6.45) is 0.931. The van der Waals surface area contributed by atoms with Crippen molar-refractivity contribution in [3.8, 4) is 0 Å². The van der Waals surface area contributed by atoms with E-state index in [1.54, 1.807) is 6.07 Å². The average Bonchev–Trinajstić information content (AvgIpc) is 2.64. The molecule has 1 amide bonds. The molecule has 0 fully saturated rings. The van der Waals surface area contributed by atoms with Crippen molar-refractivity contribution in [2.24, 2.45) is 0 Å². The number of aromatic nitrogens is 1. The molecule has 0 spiro atoms. The smallest absolute Gasteiger partial charge is 0.251 e. The molecule has 16 heavy (non-hydrogen) atoms. The summed E-state index contributed by atoms with van der Waals surface area (Å²) in [5.74, 6) is -0.0479.